The van der Waals surface area contributed by atoms with Crippen LogP contribution >= 0.6 is 11.3 Å². The molecule has 0 saturated carbocycles. The number of amides is 1. The third kappa shape index (κ3) is 4.76. The number of hydrogen-bond donors (Lipinski definition) is 0. The topological polar surface area (TPSA) is 82.4 Å². The number of anilines is 1. The number of carbonyl (C=O) groups is 1. The van der Waals surface area contributed by atoms with E-state index in [0.717, 1.165) is 0 Å². The van der Waals surface area contributed by atoms with Crippen LogP contribution in [-0.2, 0) is 6.18 Å². The number of halogens is 3. The van der Waals surface area contributed by atoms with Crippen molar-refractivity contribution in [1.82, 2.24) is 15.1 Å². The minimum absolute atomic E-state index is 0.147. The maximum Gasteiger partial charge on any atom is 0.445 e. The molecule has 0 atom stereocenters. The fraction of sp³-hybridized carbons (Fsp3) is 0.444. The van der Waals surface area contributed by atoms with Crippen molar-refractivity contribution in [1.29, 1.82) is 5.26 Å². The Morgan fingerprint density at radius 1 is 1.24 bits per heavy atom. The molecule has 3 rings (SSSR count). The Bertz CT molecular complexity index is 930. The Hall–Kier alpha value is -2.87. The molecule has 1 aromatic heterocycles. The van der Waals surface area contributed by atoms with Crippen molar-refractivity contribution in [3.05, 3.63) is 34.3 Å². The van der Waals surface area contributed by atoms with Crippen molar-refractivity contribution in [3.63, 3.8) is 0 Å². The molecule has 11 heteroatoms. The maximum atomic E-state index is 13.0. The van der Waals surface area contributed by atoms with Crippen molar-refractivity contribution in [2.45, 2.75) is 26.1 Å². The van der Waals surface area contributed by atoms with Gasteiger partial charge in [-0.15, -0.1) is 10.2 Å². The first kappa shape index (κ1) is 20.9. The molecule has 7 nitrogen and oxygen atoms in total. The van der Waals surface area contributed by atoms with Crippen LogP contribution in [0.25, 0.3) is 0 Å². The van der Waals surface area contributed by atoms with Crippen LogP contribution in [-0.4, -0.2) is 53.3 Å². The molecule has 1 aliphatic heterocycles. The molecule has 1 saturated heterocycles. The number of piperazine rings is 1. The van der Waals surface area contributed by atoms with Crippen molar-refractivity contribution in [3.8, 4) is 11.8 Å². The van der Waals surface area contributed by atoms with Gasteiger partial charge in [0.2, 0.25) is 10.1 Å². The summed E-state index contributed by atoms with van der Waals surface area (Å²) in [6.07, 6.45) is -4.67. The first-order valence-electron chi connectivity index (χ1n) is 8.84. The number of nitrogens with zero attached hydrogens (tertiary/aromatic N) is 5. The zero-order chi connectivity index (χ0) is 21.2. The lowest BCUT2D eigenvalue weighted by Crippen LogP contribution is -2.48. The number of benzene rings is 1. The second kappa shape index (κ2) is 8.24. The molecule has 0 spiro atoms. The number of hydrogen-bond acceptors (Lipinski definition) is 7. The van der Waals surface area contributed by atoms with Crippen LogP contribution in [0.2, 0.25) is 0 Å². The molecular weight excluding hydrogens is 407 g/mol. The number of aromatic nitrogens is 2. The third-order valence-electron chi connectivity index (χ3n) is 4.20. The lowest BCUT2D eigenvalue weighted by Gasteiger charge is -2.34. The first-order valence-corrected chi connectivity index (χ1v) is 9.66. The van der Waals surface area contributed by atoms with Crippen molar-refractivity contribution < 1.29 is 22.7 Å². The second-order valence-electron chi connectivity index (χ2n) is 6.66. The number of alkyl halides is 3. The molecule has 0 bridgehead atoms. The second-order valence-corrected chi connectivity index (χ2v) is 7.61. The number of ether oxygens (including phenoxy) is 1. The summed E-state index contributed by atoms with van der Waals surface area (Å²) in [5.74, 6) is 0.107. The van der Waals surface area contributed by atoms with E-state index < -0.39 is 11.2 Å². The highest BCUT2D eigenvalue weighted by atomic mass is 32.1. The van der Waals surface area contributed by atoms with Gasteiger partial charge in [-0.25, -0.2) is 0 Å². The van der Waals surface area contributed by atoms with Gasteiger partial charge >= 0.3 is 6.18 Å². The van der Waals surface area contributed by atoms with Crippen LogP contribution in [0.15, 0.2) is 18.2 Å². The molecular formula is C18H18F3N5O2S. The molecule has 0 unspecified atom stereocenters. The molecule has 154 valence electrons. The quantitative estimate of drug-likeness (QED) is 0.748. The molecule has 1 aromatic carbocycles. The summed E-state index contributed by atoms with van der Waals surface area (Å²) < 4.78 is 43.8. The van der Waals surface area contributed by atoms with E-state index in [0.29, 0.717) is 54.4 Å². The van der Waals surface area contributed by atoms with Gasteiger partial charge in [-0.1, -0.05) is 11.3 Å². The summed E-state index contributed by atoms with van der Waals surface area (Å²) in [5, 5.41) is 15.1. The van der Waals surface area contributed by atoms with Gasteiger partial charge in [-0.3, -0.25) is 4.79 Å². The summed E-state index contributed by atoms with van der Waals surface area (Å²) in [5.41, 5.74) is 0.637. The van der Waals surface area contributed by atoms with Gasteiger partial charge in [0, 0.05) is 26.2 Å². The normalized spacial score (nSPS) is 14.8. The molecule has 1 aliphatic rings. The molecule has 0 radical (unpaired) electrons. The maximum absolute atomic E-state index is 13.0. The van der Waals surface area contributed by atoms with Crippen LogP contribution in [0.1, 0.15) is 34.8 Å². The van der Waals surface area contributed by atoms with E-state index in [1.807, 2.05) is 19.9 Å². The molecule has 0 aliphatic carbocycles. The van der Waals surface area contributed by atoms with Gasteiger partial charge in [0.1, 0.15) is 5.75 Å². The molecule has 29 heavy (non-hydrogen) atoms. The van der Waals surface area contributed by atoms with E-state index in [4.69, 9.17) is 10.00 Å². The predicted molar refractivity (Wildman–Crippen MR) is 99.9 cm³/mol. The smallest absolute Gasteiger partial charge is 0.445 e. The Balaban J connectivity index is 1.72. The zero-order valence-electron chi connectivity index (χ0n) is 15.7. The van der Waals surface area contributed by atoms with Crippen molar-refractivity contribution >= 4 is 22.4 Å². The Kier molecular flexibility index (Phi) is 5.93. The lowest BCUT2D eigenvalue weighted by molar-refractivity contribution is -0.138. The van der Waals surface area contributed by atoms with Crippen LogP contribution < -0.4 is 9.64 Å². The number of nitriles is 1. The highest BCUT2D eigenvalue weighted by Gasteiger charge is 2.36. The van der Waals surface area contributed by atoms with Gasteiger partial charge in [-0.2, -0.15) is 18.4 Å². The zero-order valence-corrected chi connectivity index (χ0v) is 16.5. The molecule has 0 N–H and O–H groups in total. The van der Waals surface area contributed by atoms with Crippen molar-refractivity contribution in [2.75, 3.05) is 31.1 Å². The van der Waals surface area contributed by atoms with Gasteiger partial charge in [0.05, 0.1) is 23.3 Å². The highest BCUT2D eigenvalue weighted by molar-refractivity contribution is 7.15. The summed E-state index contributed by atoms with van der Waals surface area (Å²) in [4.78, 5) is 16.3. The average Bonchev–Trinajstić information content (AvgIpc) is 3.18. The summed E-state index contributed by atoms with van der Waals surface area (Å²) in [6, 6.07) is 6.68. The fourth-order valence-electron chi connectivity index (χ4n) is 2.85. The van der Waals surface area contributed by atoms with E-state index in [9.17, 15) is 18.0 Å². The fourth-order valence-corrected chi connectivity index (χ4v) is 3.62. The molecule has 2 heterocycles. The molecule has 2 aromatic rings. The SMILES string of the molecule is CC(C)Oc1ccc(C#N)cc1C(=O)N1CCN(c2nnc(C(F)(F)F)s2)CC1. The summed E-state index contributed by atoms with van der Waals surface area (Å²) in [6.45, 7) is 4.94. The van der Waals surface area contributed by atoms with Crippen LogP contribution in [0.4, 0.5) is 18.3 Å². The monoisotopic (exact) mass is 425 g/mol. The van der Waals surface area contributed by atoms with Gasteiger partial charge in [0.15, 0.2) is 0 Å². The van der Waals surface area contributed by atoms with E-state index in [1.54, 1.807) is 21.9 Å². The van der Waals surface area contributed by atoms with Gasteiger partial charge in [0.25, 0.3) is 5.91 Å². The van der Waals surface area contributed by atoms with Crippen LogP contribution in [0.5, 0.6) is 5.75 Å². The third-order valence-corrected chi connectivity index (χ3v) is 5.22. The Morgan fingerprint density at radius 3 is 2.48 bits per heavy atom. The molecule has 1 fully saturated rings. The minimum Gasteiger partial charge on any atom is -0.490 e. The number of carbonyl (C=O) groups excluding carboxylic acids is 1. The highest BCUT2D eigenvalue weighted by Crippen LogP contribution is 2.34. The van der Waals surface area contributed by atoms with E-state index in [2.05, 4.69) is 10.2 Å². The van der Waals surface area contributed by atoms with E-state index in [1.165, 1.54) is 6.07 Å². The average molecular weight is 425 g/mol. The van der Waals surface area contributed by atoms with Crippen molar-refractivity contribution in [2.24, 2.45) is 0 Å². The Labute approximate surface area is 169 Å². The largest absolute Gasteiger partial charge is 0.490 e. The van der Waals surface area contributed by atoms with Crippen LogP contribution in [0.3, 0.4) is 0 Å². The van der Waals surface area contributed by atoms with Crippen LogP contribution in [0, 0.1) is 11.3 Å². The van der Waals surface area contributed by atoms with E-state index in [-0.39, 0.29) is 17.1 Å². The first-order chi connectivity index (χ1) is 13.7. The standard InChI is InChI=1S/C18H18F3N5O2S/c1-11(2)28-14-4-3-12(10-22)9-13(14)15(27)25-5-7-26(8-6-25)17-24-23-16(29-17)18(19,20)21/h3-4,9,11H,5-8H2,1-2H3. The number of rotatable bonds is 4. The minimum atomic E-state index is -4.52. The summed E-state index contributed by atoms with van der Waals surface area (Å²) in [7, 11) is 0. The van der Waals surface area contributed by atoms with Gasteiger partial charge < -0.3 is 14.5 Å². The molecule has 1 amide bonds. The predicted octanol–water partition coefficient (Wildman–Crippen LogP) is 3.18. The van der Waals surface area contributed by atoms with Gasteiger partial charge in [-0.05, 0) is 32.0 Å². The summed E-state index contributed by atoms with van der Waals surface area (Å²) >= 11 is 0.486. The lowest BCUT2D eigenvalue weighted by atomic mass is 10.1. The Morgan fingerprint density at radius 2 is 1.93 bits per heavy atom. The van der Waals surface area contributed by atoms with E-state index >= 15 is 0 Å².